The van der Waals surface area contributed by atoms with E-state index in [0.717, 1.165) is 39.3 Å². The van der Waals surface area contributed by atoms with Crippen LogP contribution in [0.3, 0.4) is 0 Å². The summed E-state index contributed by atoms with van der Waals surface area (Å²) in [4.78, 5) is 0. The first-order chi connectivity index (χ1) is 8.77. The fraction of sp³-hybridized carbons (Fsp3) is 0.600. The first-order valence-corrected chi connectivity index (χ1v) is 6.75. The van der Waals surface area contributed by atoms with Crippen LogP contribution in [0.2, 0.25) is 0 Å². The van der Waals surface area contributed by atoms with Crippen LogP contribution in [0.15, 0.2) is 24.3 Å². The zero-order chi connectivity index (χ0) is 12.4. The molecule has 2 aliphatic rings. The highest BCUT2D eigenvalue weighted by molar-refractivity contribution is 5.31. The molecule has 0 aliphatic carbocycles. The molecular formula is C15H21NO2. The monoisotopic (exact) mass is 247 g/mol. The largest absolute Gasteiger partial charge is 0.380 e. The summed E-state index contributed by atoms with van der Waals surface area (Å²) in [5.74, 6) is 0. The van der Waals surface area contributed by atoms with E-state index >= 15 is 0 Å². The molecule has 0 spiro atoms. The maximum atomic E-state index is 5.88. The minimum Gasteiger partial charge on any atom is -0.380 e. The Hall–Kier alpha value is -0.900. The van der Waals surface area contributed by atoms with Gasteiger partial charge in [-0.05, 0) is 17.5 Å². The normalized spacial score (nSPS) is 25.3. The maximum Gasteiger partial charge on any atom is 0.0952 e. The van der Waals surface area contributed by atoms with Crippen molar-refractivity contribution in [1.29, 1.82) is 0 Å². The fourth-order valence-electron chi connectivity index (χ4n) is 2.70. The second-order valence-electron chi connectivity index (χ2n) is 5.74. The van der Waals surface area contributed by atoms with Crippen LogP contribution in [0.25, 0.3) is 0 Å². The molecule has 1 aromatic carbocycles. The third-order valence-corrected chi connectivity index (χ3v) is 3.87. The van der Waals surface area contributed by atoms with Crippen LogP contribution in [-0.2, 0) is 15.9 Å². The Morgan fingerprint density at radius 3 is 2.94 bits per heavy atom. The van der Waals surface area contributed by atoms with E-state index in [1.54, 1.807) is 0 Å². The molecule has 1 N–H and O–H groups in total. The molecule has 3 nitrogen and oxygen atoms in total. The number of ether oxygens (including phenoxy) is 2. The summed E-state index contributed by atoms with van der Waals surface area (Å²) in [7, 11) is 0. The second-order valence-corrected chi connectivity index (χ2v) is 5.74. The van der Waals surface area contributed by atoms with Gasteiger partial charge in [-0.2, -0.15) is 0 Å². The van der Waals surface area contributed by atoms with Crippen molar-refractivity contribution in [3.8, 4) is 0 Å². The van der Waals surface area contributed by atoms with Crippen LogP contribution in [0.5, 0.6) is 0 Å². The molecule has 1 aromatic rings. The Morgan fingerprint density at radius 2 is 2.17 bits per heavy atom. The van der Waals surface area contributed by atoms with Gasteiger partial charge in [-0.15, -0.1) is 0 Å². The van der Waals surface area contributed by atoms with Crippen molar-refractivity contribution < 1.29 is 9.47 Å². The van der Waals surface area contributed by atoms with Crippen LogP contribution >= 0.6 is 0 Å². The minimum atomic E-state index is 0.208. The molecule has 0 saturated carbocycles. The highest BCUT2D eigenvalue weighted by Crippen LogP contribution is 2.28. The van der Waals surface area contributed by atoms with Crippen molar-refractivity contribution in [1.82, 2.24) is 5.32 Å². The summed E-state index contributed by atoms with van der Waals surface area (Å²) in [5, 5.41) is 3.53. The zero-order valence-corrected chi connectivity index (χ0v) is 10.9. The van der Waals surface area contributed by atoms with Crippen molar-refractivity contribution >= 4 is 0 Å². The molecule has 2 aliphatic heterocycles. The Bertz CT molecular complexity index is 415. The number of fused-ring (bicyclic) bond motifs is 1. The molecule has 0 amide bonds. The zero-order valence-electron chi connectivity index (χ0n) is 10.9. The average molecular weight is 247 g/mol. The Morgan fingerprint density at radius 1 is 1.33 bits per heavy atom. The summed E-state index contributed by atoms with van der Waals surface area (Å²) in [6, 6.07) is 8.62. The standard InChI is InChI=1S/C15H21NO2/c1-15(10-17-11-15)9-16-8-14-13-5-3-2-4-12(13)6-7-18-14/h2-5,14,16H,6-11H2,1H3. The van der Waals surface area contributed by atoms with Crippen LogP contribution in [0.4, 0.5) is 0 Å². The molecule has 0 aromatic heterocycles. The van der Waals surface area contributed by atoms with Gasteiger partial charge in [0.2, 0.25) is 0 Å². The highest BCUT2D eigenvalue weighted by atomic mass is 16.5. The van der Waals surface area contributed by atoms with Crippen LogP contribution < -0.4 is 5.32 Å². The topological polar surface area (TPSA) is 30.5 Å². The molecule has 0 bridgehead atoms. The number of nitrogens with one attached hydrogen (secondary N) is 1. The van der Waals surface area contributed by atoms with E-state index in [0.29, 0.717) is 5.41 Å². The lowest BCUT2D eigenvalue weighted by atomic mass is 9.88. The summed E-state index contributed by atoms with van der Waals surface area (Å²) in [6.45, 7) is 6.76. The molecule has 18 heavy (non-hydrogen) atoms. The SMILES string of the molecule is CC1(CNCC2OCCc3ccccc32)COC1. The summed E-state index contributed by atoms with van der Waals surface area (Å²) >= 11 is 0. The molecular weight excluding hydrogens is 226 g/mol. The van der Waals surface area contributed by atoms with Crippen LogP contribution in [0.1, 0.15) is 24.2 Å². The first-order valence-electron chi connectivity index (χ1n) is 6.75. The number of hydrogen-bond donors (Lipinski definition) is 1. The molecule has 1 atom stereocenters. The first kappa shape index (κ1) is 12.2. The van der Waals surface area contributed by atoms with Crippen molar-refractivity contribution in [3.63, 3.8) is 0 Å². The van der Waals surface area contributed by atoms with Crippen LogP contribution in [0, 0.1) is 5.41 Å². The van der Waals surface area contributed by atoms with E-state index in [1.165, 1.54) is 11.1 Å². The fourth-order valence-corrected chi connectivity index (χ4v) is 2.70. The lowest BCUT2D eigenvalue weighted by molar-refractivity contribution is -0.100. The van der Waals surface area contributed by atoms with Gasteiger partial charge in [-0.3, -0.25) is 0 Å². The van der Waals surface area contributed by atoms with Gasteiger partial charge in [0.05, 0.1) is 25.9 Å². The summed E-state index contributed by atoms with van der Waals surface area (Å²) in [6.07, 6.45) is 1.25. The molecule has 3 heteroatoms. The molecule has 0 radical (unpaired) electrons. The third-order valence-electron chi connectivity index (χ3n) is 3.87. The highest BCUT2D eigenvalue weighted by Gasteiger charge is 2.33. The maximum absolute atomic E-state index is 5.88. The average Bonchev–Trinajstić information content (AvgIpc) is 2.37. The smallest absolute Gasteiger partial charge is 0.0952 e. The number of hydrogen-bond acceptors (Lipinski definition) is 3. The number of benzene rings is 1. The van der Waals surface area contributed by atoms with Crippen molar-refractivity contribution in [3.05, 3.63) is 35.4 Å². The molecule has 1 saturated heterocycles. The molecule has 1 unspecified atom stereocenters. The summed E-state index contributed by atoms with van der Waals surface area (Å²) in [5.41, 5.74) is 3.12. The van der Waals surface area contributed by atoms with E-state index in [2.05, 4.69) is 36.5 Å². The van der Waals surface area contributed by atoms with E-state index in [9.17, 15) is 0 Å². The Kier molecular flexibility index (Phi) is 3.37. The summed E-state index contributed by atoms with van der Waals surface area (Å²) < 4.78 is 11.1. The van der Waals surface area contributed by atoms with Gasteiger partial charge in [0, 0.05) is 18.5 Å². The van der Waals surface area contributed by atoms with Gasteiger partial charge < -0.3 is 14.8 Å². The van der Waals surface area contributed by atoms with Gasteiger partial charge in [-0.1, -0.05) is 31.2 Å². The van der Waals surface area contributed by atoms with Gasteiger partial charge in [0.15, 0.2) is 0 Å². The Labute approximate surface area is 108 Å². The lowest BCUT2D eigenvalue weighted by Gasteiger charge is -2.38. The van der Waals surface area contributed by atoms with E-state index in [1.807, 2.05) is 0 Å². The van der Waals surface area contributed by atoms with Crippen molar-refractivity contribution in [2.75, 3.05) is 32.9 Å². The number of rotatable bonds is 4. The van der Waals surface area contributed by atoms with E-state index < -0.39 is 0 Å². The molecule has 3 rings (SSSR count). The van der Waals surface area contributed by atoms with E-state index in [4.69, 9.17) is 9.47 Å². The molecule has 98 valence electrons. The predicted octanol–water partition coefficient (Wildman–Crippen LogP) is 1.93. The molecule has 1 fully saturated rings. The third kappa shape index (κ3) is 2.44. The van der Waals surface area contributed by atoms with Crippen molar-refractivity contribution in [2.24, 2.45) is 5.41 Å². The predicted molar refractivity (Wildman–Crippen MR) is 70.6 cm³/mol. The Balaban J connectivity index is 1.57. The van der Waals surface area contributed by atoms with E-state index in [-0.39, 0.29) is 6.10 Å². The minimum absolute atomic E-state index is 0.208. The van der Waals surface area contributed by atoms with Gasteiger partial charge in [-0.25, -0.2) is 0 Å². The quantitative estimate of drug-likeness (QED) is 0.882. The van der Waals surface area contributed by atoms with Crippen molar-refractivity contribution in [2.45, 2.75) is 19.4 Å². The molecule has 2 heterocycles. The van der Waals surface area contributed by atoms with Gasteiger partial charge in [0.25, 0.3) is 0 Å². The van der Waals surface area contributed by atoms with Gasteiger partial charge >= 0.3 is 0 Å². The lowest BCUT2D eigenvalue weighted by Crippen LogP contribution is -2.48. The van der Waals surface area contributed by atoms with Crippen LogP contribution in [-0.4, -0.2) is 32.9 Å². The second kappa shape index (κ2) is 5.00. The van der Waals surface area contributed by atoms with Gasteiger partial charge in [0.1, 0.15) is 0 Å².